The lowest BCUT2D eigenvalue weighted by molar-refractivity contribution is 0.103. The summed E-state index contributed by atoms with van der Waals surface area (Å²) in [5, 5.41) is 0. The van der Waals surface area contributed by atoms with Crippen molar-refractivity contribution >= 4 is 22.9 Å². The van der Waals surface area contributed by atoms with E-state index in [0.29, 0.717) is 0 Å². The molecule has 0 heterocycles. The first kappa shape index (κ1) is 10.4. The number of thiocarbonyl (C=S) groups is 1. The fraction of sp³-hybridized carbons (Fsp3) is 0.0667. The molecule has 2 heteroatoms. The molecule has 3 rings (SSSR count). The number of hydrogen-bond donors (Lipinski definition) is 0. The maximum absolute atomic E-state index is 12.3. The average Bonchev–Trinajstić information content (AvgIpc) is 2.36. The Balaban J connectivity index is 2.37. The molecule has 1 aliphatic rings. The molecule has 0 radical (unpaired) electrons. The Hall–Kier alpha value is -1.80. The van der Waals surface area contributed by atoms with Crippen molar-refractivity contribution in [2.75, 3.05) is 0 Å². The van der Waals surface area contributed by atoms with Gasteiger partial charge in [-0.05, 0) is 12.5 Å². The molecule has 0 aliphatic heterocycles. The molecular weight excluding hydrogens is 228 g/mol. The number of aryl methyl sites for hydroxylation is 1. The predicted octanol–water partition coefficient (Wildman–Crippen LogP) is 3.31. The maximum Gasteiger partial charge on any atom is 0.194 e. The average molecular weight is 238 g/mol. The largest absolute Gasteiger partial charge is 0.289 e. The molecule has 0 bridgehead atoms. The number of hydrogen-bond acceptors (Lipinski definition) is 2. The van der Waals surface area contributed by atoms with E-state index in [9.17, 15) is 4.79 Å². The van der Waals surface area contributed by atoms with Crippen LogP contribution in [0.25, 0.3) is 0 Å². The number of benzene rings is 2. The molecular formula is C15H10OS. The molecule has 2 aromatic rings. The number of rotatable bonds is 0. The minimum absolute atomic E-state index is 0.0768. The summed E-state index contributed by atoms with van der Waals surface area (Å²) in [5.74, 6) is 0.0768. The Morgan fingerprint density at radius 2 is 1.53 bits per heavy atom. The lowest BCUT2D eigenvalue weighted by Gasteiger charge is -2.20. The first-order valence-corrected chi connectivity index (χ1v) is 5.89. The van der Waals surface area contributed by atoms with E-state index < -0.39 is 0 Å². The van der Waals surface area contributed by atoms with Gasteiger partial charge in [0.15, 0.2) is 5.78 Å². The summed E-state index contributed by atoms with van der Waals surface area (Å²) in [5.41, 5.74) is 4.32. The van der Waals surface area contributed by atoms with Crippen LogP contribution in [-0.2, 0) is 0 Å². The summed E-state index contributed by atoms with van der Waals surface area (Å²) < 4.78 is 0. The van der Waals surface area contributed by atoms with Crippen LogP contribution in [0, 0.1) is 6.92 Å². The summed E-state index contributed by atoms with van der Waals surface area (Å²) in [7, 11) is 0. The zero-order valence-electron chi connectivity index (χ0n) is 9.36. The Kier molecular flexibility index (Phi) is 2.20. The normalized spacial score (nSPS) is 13.2. The van der Waals surface area contributed by atoms with Crippen molar-refractivity contribution in [1.29, 1.82) is 0 Å². The molecule has 1 aliphatic carbocycles. The van der Waals surface area contributed by atoms with Crippen LogP contribution in [0.4, 0.5) is 0 Å². The van der Waals surface area contributed by atoms with E-state index in [4.69, 9.17) is 12.2 Å². The zero-order chi connectivity index (χ0) is 12.0. The monoisotopic (exact) mass is 238 g/mol. The number of fused-ring (bicyclic) bond motifs is 2. The van der Waals surface area contributed by atoms with Crippen molar-refractivity contribution in [1.82, 2.24) is 0 Å². The molecule has 0 aromatic heterocycles. The lowest BCUT2D eigenvalue weighted by atomic mass is 9.83. The molecule has 0 atom stereocenters. The molecule has 1 nitrogen and oxygen atoms in total. The molecule has 0 N–H and O–H groups in total. The smallest absolute Gasteiger partial charge is 0.194 e. The summed E-state index contributed by atoms with van der Waals surface area (Å²) in [4.78, 5) is 13.1. The number of carbonyl (C=O) groups is 1. The number of carbonyl (C=O) groups excluding carboxylic acids is 1. The van der Waals surface area contributed by atoms with Gasteiger partial charge in [-0.2, -0.15) is 0 Å². The second kappa shape index (κ2) is 3.60. The van der Waals surface area contributed by atoms with Gasteiger partial charge in [-0.15, -0.1) is 0 Å². The van der Waals surface area contributed by atoms with Crippen LogP contribution in [0.5, 0.6) is 0 Å². The van der Waals surface area contributed by atoms with Gasteiger partial charge in [-0.3, -0.25) is 4.79 Å². The highest BCUT2D eigenvalue weighted by molar-refractivity contribution is 7.81. The van der Waals surface area contributed by atoms with Crippen LogP contribution < -0.4 is 0 Å². The van der Waals surface area contributed by atoms with Gasteiger partial charge in [0.1, 0.15) is 0 Å². The quantitative estimate of drug-likeness (QED) is 0.559. The Bertz CT molecular complexity index is 656. The van der Waals surface area contributed by atoms with Gasteiger partial charge >= 0.3 is 0 Å². The van der Waals surface area contributed by atoms with Crippen LogP contribution in [0.3, 0.4) is 0 Å². The first-order valence-electron chi connectivity index (χ1n) is 5.48. The van der Waals surface area contributed by atoms with Crippen molar-refractivity contribution in [2.24, 2.45) is 0 Å². The van der Waals surface area contributed by atoms with Gasteiger partial charge < -0.3 is 0 Å². The van der Waals surface area contributed by atoms with Crippen molar-refractivity contribution in [3.63, 3.8) is 0 Å². The van der Waals surface area contributed by atoms with E-state index in [1.165, 1.54) is 0 Å². The number of ketones is 1. The van der Waals surface area contributed by atoms with Crippen LogP contribution in [0.15, 0.2) is 42.5 Å². The predicted molar refractivity (Wildman–Crippen MR) is 71.9 cm³/mol. The topological polar surface area (TPSA) is 17.1 Å². The second-order valence-corrected chi connectivity index (χ2v) is 4.61. The summed E-state index contributed by atoms with van der Waals surface area (Å²) in [6, 6.07) is 13.3. The Morgan fingerprint density at radius 1 is 0.882 bits per heavy atom. The third-order valence-electron chi connectivity index (χ3n) is 3.16. The molecule has 82 valence electrons. The lowest BCUT2D eigenvalue weighted by Crippen LogP contribution is -2.21. The zero-order valence-corrected chi connectivity index (χ0v) is 10.2. The van der Waals surface area contributed by atoms with E-state index in [0.717, 1.165) is 32.7 Å². The molecule has 0 fully saturated rings. The summed E-state index contributed by atoms with van der Waals surface area (Å²) >= 11 is 5.50. The summed E-state index contributed by atoms with van der Waals surface area (Å²) in [6.07, 6.45) is 0. The minimum atomic E-state index is 0.0768. The van der Waals surface area contributed by atoms with E-state index >= 15 is 0 Å². The van der Waals surface area contributed by atoms with Crippen LogP contribution in [0.1, 0.15) is 32.6 Å². The molecule has 17 heavy (non-hydrogen) atoms. The van der Waals surface area contributed by atoms with Crippen molar-refractivity contribution < 1.29 is 4.79 Å². The second-order valence-electron chi connectivity index (χ2n) is 4.20. The molecule has 0 unspecified atom stereocenters. The van der Waals surface area contributed by atoms with E-state index in [1.807, 2.05) is 49.4 Å². The van der Waals surface area contributed by atoms with Crippen molar-refractivity contribution in [3.8, 4) is 0 Å². The first-order chi connectivity index (χ1) is 8.20. The Morgan fingerprint density at radius 3 is 2.29 bits per heavy atom. The van der Waals surface area contributed by atoms with Crippen LogP contribution in [-0.4, -0.2) is 10.6 Å². The standard InChI is InChI=1S/C15H10OS/c1-9-5-4-8-12-13(9)15(17)11-7-3-2-6-10(11)14(12)16/h2-8H,1H3. The molecule has 2 aromatic carbocycles. The van der Waals surface area contributed by atoms with Crippen LogP contribution >= 0.6 is 12.2 Å². The highest BCUT2D eigenvalue weighted by Crippen LogP contribution is 2.29. The Labute approximate surface area is 105 Å². The van der Waals surface area contributed by atoms with E-state index in [2.05, 4.69) is 0 Å². The molecule has 0 saturated heterocycles. The van der Waals surface area contributed by atoms with Crippen molar-refractivity contribution in [3.05, 3.63) is 70.3 Å². The van der Waals surface area contributed by atoms with Gasteiger partial charge in [0.25, 0.3) is 0 Å². The molecule has 0 saturated carbocycles. The van der Waals surface area contributed by atoms with Crippen LogP contribution in [0.2, 0.25) is 0 Å². The summed E-state index contributed by atoms with van der Waals surface area (Å²) in [6.45, 7) is 1.99. The highest BCUT2D eigenvalue weighted by Gasteiger charge is 2.27. The molecule has 0 spiro atoms. The highest BCUT2D eigenvalue weighted by atomic mass is 32.1. The SMILES string of the molecule is Cc1cccc2c1C(=S)c1ccccc1C2=O. The van der Waals surface area contributed by atoms with E-state index in [-0.39, 0.29) is 5.78 Å². The van der Waals surface area contributed by atoms with Gasteiger partial charge in [0, 0.05) is 22.3 Å². The minimum Gasteiger partial charge on any atom is -0.289 e. The van der Waals surface area contributed by atoms with Gasteiger partial charge in [-0.25, -0.2) is 0 Å². The van der Waals surface area contributed by atoms with Gasteiger partial charge in [0.2, 0.25) is 0 Å². The third kappa shape index (κ3) is 1.38. The molecule has 0 amide bonds. The third-order valence-corrected chi connectivity index (χ3v) is 3.58. The van der Waals surface area contributed by atoms with Crippen molar-refractivity contribution in [2.45, 2.75) is 6.92 Å². The maximum atomic E-state index is 12.3. The van der Waals surface area contributed by atoms with Gasteiger partial charge in [0.05, 0.1) is 4.86 Å². The van der Waals surface area contributed by atoms with E-state index in [1.54, 1.807) is 0 Å². The fourth-order valence-electron chi connectivity index (χ4n) is 2.32. The fourth-order valence-corrected chi connectivity index (χ4v) is 2.77. The van der Waals surface area contributed by atoms with Gasteiger partial charge in [-0.1, -0.05) is 54.7 Å².